The fraction of sp³-hybridized carbons (Fsp3) is 0.812. The second kappa shape index (κ2) is 5.56. The molecule has 1 fully saturated rings. The van der Waals surface area contributed by atoms with Crippen LogP contribution in [0.5, 0.6) is 0 Å². The summed E-state index contributed by atoms with van der Waals surface area (Å²) >= 11 is 0. The third kappa shape index (κ3) is 3.61. The third-order valence-corrected chi connectivity index (χ3v) is 11.0. The van der Waals surface area contributed by atoms with Crippen molar-refractivity contribution in [3.8, 4) is 11.5 Å². The van der Waals surface area contributed by atoms with E-state index in [1.54, 1.807) is 6.92 Å². The van der Waals surface area contributed by atoms with Gasteiger partial charge < -0.3 is 9.67 Å². The Balaban J connectivity index is 3.19. The molecule has 0 spiro atoms. The van der Waals surface area contributed by atoms with Crippen molar-refractivity contribution in [1.82, 2.24) is 4.57 Å². The molecular weight excluding hydrogens is 294 g/mol. The highest BCUT2D eigenvalue weighted by Gasteiger charge is 2.58. The van der Waals surface area contributed by atoms with Gasteiger partial charge in [-0.25, -0.2) is 0 Å². The van der Waals surface area contributed by atoms with E-state index in [0.29, 0.717) is 0 Å². The fourth-order valence-corrected chi connectivity index (χ4v) is 5.33. The lowest BCUT2D eigenvalue weighted by molar-refractivity contribution is -0.151. The summed E-state index contributed by atoms with van der Waals surface area (Å²) in [6.45, 7) is 19.4. The topological polar surface area (TPSA) is 40.5 Å². The van der Waals surface area contributed by atoms with Gasteiger partial charge in [0, 0.05) is 0 Å². The number of β-lactam (4-membered cyclic amide) rings is 1. The first kappa shape index (κ1) is 18.5. The van der Waals surface area contributed by atoms with Crippen molar-refractivity contribution in [2.75, 3.05) is 0 Å². The van der Waals surface area contributed by atoms with Crippen molar-refractivity contribution in [3.05, 3.63) is 0 Å². The lowest BCUT2D eigenvalue weighted by atomic mass is 9.86. The first-order valence-electron chi connectivity index (χ1n) is 7.74. The van der Waals surface area contributed by atoms with Crippen molar-refractivity contribution >= 4 is 22.2 Å². The maximum absolute atomic E-state index is 12.6. The Hall–Kier alpha value is -0.576. The average molecular weight is 326 g/mol. The van der Waals surface area contributed by atoms with E-state index in [2.05, 4.69) is 65.0 Å². The van der Waals surface area contributed by atoms with Crippen LogP contribution in [0.4, 0.5) is 0 Å². The molecule has 1 amide bonds. The molecule has 0 aliphatic carbocycles. The van der Waals surface area contributed by atoms with Crippen LogP contribution in [0.3, 0.4) is 0 Å². The van der Waals surface area contributed by atoms with Crippen molar-refractivity contribution in [3.63, 3.8) is 0 Å². The molecule has 120 valence electrons. The Bertz CT molecular complexity index is 475. The molecule has 1 aliphatic heterocycles. The maximum atomic E-state index is 12.6. The summed E-state index contributed by atoms with van der Waals surface area (Å²) in [6.07, 6.45) is -0.626. The highest BCUT2D eigenvalue weighted by molar-refractivity contribution is 6.84. The molecule has 0 radical (unpaired) electrons. The van der Waals surface area contributed by atoms with Crippen LogP contribution in [0.15, 0.2) is 0 Å². The van der Waals surface area contributed by atoms with Gasteiger partial charge in [0.05, 0.1) is 18.1 Å². The molecule has 3 atom stereocenters. The van der Waals surface area contributed by atoms with Gasteiger partial charge >= 0.3 is 0 Å². The fourth-order valence-electron chi connectivity index (χ4n) is 2.41. The monoisotopic (exact) mass is 325 g/mol. The molecule has 1 rings (SSSR count). The first-order chi connectivity index (χ1) is 9.20. The van der Waals surface area contributed by atoms with Crippen molar-refractivity contribution in [1.29, 1.82) is 0 Å². The van der Waals surface area contributed by atoms with E-state index in [1.165, 1.54) is 0 Å². The maximum Gasteiger partial charge on any atom is 0.224 e. The van der Waals surface area contributed by atoms with Crippen molar-refractivity contribution in [2.24, 2.45) is 5.92 Å². The van der Waals surface area contributed by atoms with Gasteiger partial charge in [-0.2, -0.15) is 0 Å². The Morgan fingerprint density at radius 2 is 1.67 bits per heavy atom. The number of carbonyl (C=O) groups excluding carboxylic acids is 1. The second-order valence-electron chi connectivity index (χ2n) is 8.75. The molecule has 0 saturated carbocycles. The van der Waals surface area contributed by atoms with E-state index in [0.717, 1.165) is 0 Å². The summed E-state index contributed by atoms with van der Waals surface area (Å²) in [4.78, 5) is 12.6. The zero-order chi connectivity index (χ0) is 16.8. The summed E-state index contributed by atoms with van der Waals surface area (Å²) in [5, 5.41) is 10.0. The molecule has 3 nitrogen and oxygen atoms in total. The number of carbonyl (C=O) groups is 1. The van der Waals surface area contributed by atoms with E-state index < -0.39 is 22.4 Å². The van der Waals surface area contributed by atoms with Gasteiger partial charge in [-0.05, 0) is 12.0 Å². The van der Waals surface area contributed by atoms with Crippen LogP contribution in [0.1, 0.15) is 27.7 Å². The molecule has 0 aromatic carbocycles. The summed E-state index contributed by atoms with van der Waals surface area (Å²) in [7, 11) is -3.43. The molecule has 0 bridgehead atoms. The van der Waals surface area contributed by atoms with Crippen LogP contribution in [-0.2, 0) is 4.79 Å². The van der Waals surface area contributed by atoms with Crippen LogP contribution in [0, 0.1) is 17.4 Å². The number of rotatable bonds is 2. The molecule has 0 aromatic heterocycles. The highest BCUT2D eigenvalue weighted by Crippen LogP contribution is 2.45. The number of aliphatic hydroxyl groups is 1. The molecule has 21 heavy (non-hydrogen) atoms. The molecule has 5 heteroatoms. The molecule has 1 unspecified atom stereocenters. The van der Waals surface area contributed by atoms with Gasteiger partial charge in [0.2, 0.25) is 5.91 Å². The minimum atomic E-state index is -1.95. The van der Waals surface area contributed by atoms with Gasteiger partial charge in [-0.1, -0.05) is 59.4 Å². The van der Waals surface area contributed by atoms with Gasteiger partial charge in [-0.3, -0.25) is 4.79 Å². The van der Waals surface area contributed by atoms with Crippen molar-refractivity contribution in [2.45, 2.75) is 77.6 Å². The van der Waals surface area contributed by atoms with E-state index in [9.17, 15) is 9.90 Å². The van der Waals surface area contributed by atoms with E-state index in [4.69, 9.17) is 0 Å². The van der Waals surface area contributed by atoms with E-state index in [1.807, 2.05) is 4.57 Å². The third-order valence-electron chi connectivity index (χ3n) is 4.69. The highest BCUT2D eigenvalue weighted by atomic mass is 28.3. The van der Waals surface area contributed by atoms with Gasteiger partial charge in [-0.15, -0.1) is 5.54 Å². The summed E-state index contributed by atoms with van der Waals surface area (Å²) in [6, 6.07) is -0.106. The SMILES string of the molecule is C[C@@H](O)[C@H]1C(=O)N([Si](C)(C)C(C)(C)C)C1C#C[Si](C)(C)C. The predicted octanol–water partition coefficient (Wildman–Crippen LogP) is 3.08. The molecule has 1 aliphatic rings. The van der Waals surface area contributed by atoms with Crippen LogP contribution >= 0.6 is 0 Å². The smallest absolute Gasteiger partial charge is 0.224 e. The zero-order valence-electron chi connectivity index (χ0n) is 15.0. The largest absolute Gasteiger partial charge is 0.392 e. The summed E-state index contributed by atoms with van der Waals surface area (Å²) in [5.74, 6) is 3.09. The molecule has 1 saturated heterocycles. The summed E-state index contributed by atoms with van der Waals surface area (Å²) in [5.41, 5.74) is 3.39. The Labute approximate surface area is 132 Å². The van der Waals surface area contributed by atoms with E-state index >= 15 is 0 Å². The molecular formula is C16H31NO2Si2. The number of nitrogens with zero attached hydrogens (tertiary/aromatic N) is 1. The Kier molecular flexibility index (Phi) is 4.89. The molecule has 1 N–H and O–H groups in total. The van der Waals surface area contributed by atoms with Crippen molar-refractivity contribution < 1.29 is 9.90 Å². The van der Waals surface area contributed by atoms with Crippen LogP contribution in [0.2, 0.25) is 37.8 Å². The Morgan fingerprint density at radius 3 is 2.00 bits per heavy atom. The zero-order valence-corrected chi connectivity index (χ0v) is 17.0. The summed E-state index contributed by atoms with van der Waals surface area (Å²) < 4.78 is 2.03. The van der Waals surface area contributed by atoms with E-state index in [-0.39, 0.29) is 22.9 Å². The average Bonchev–Trinajstić information content (AvgIpc) is 2.19. The van der Waals surface area contributed by atoms with Crippen LogP contribution < -0.4 is 0 Å². The Morgan fingerprint density at radius 1 is 1.19 bits per heavy atom. The lowest BCUT2D eigenvalue weighted by Gasteiger charge is -2.57. The van der Waals surface area contributed by atoms with Gasteiger partial charge in [0.15, 0.2) is 8.24 Å². The van der Waals surface area contributed by atoms with Gasteiger partial charge in [0.25, 0.3) is 0 Å². The minimum Gasteiger partial charge on any atom is -0.392 e. The minimum absolute atomic E-state index is 0.0887. The normalized spacial score (nSPS) is 25.0. The lowest BCUT2D eigenvalue weighted by Crippen LogP contribution is -2.74. The number of hydrogen-bond donors (Lipinski definition) is 1. The van der Waals surface area contributed by atoms with Crippen LogP contribution in [-0.4, -0.2) is 44.0 Å². The predicted molar refractivity (Wildman–Crippen MR) is 94.1 cm³/mol. The van der Waals surface area contributed by atoms with Crippen LogP contribution in [0.25, 0.3) is 0 Å². The van der Waals surface area contributed by atoms with Gasteiger partial charge in [0.1, 0.15) is 8.07 Å². The number of amides is 1. The first-order valence-corrected chi connectivity index (χ1v) is 14.2. The molecule has 1 heterocycles. The standard InChI is InChI=1S/C16H31NO2Si2/c1-12(18)14-13(10-11-20(5,6)7)17(15(14)19)21(8,9)16(2,3)4/h12-14,18H,1-9H3/t12-,13?,14-/m1/s1. The number of hydrogen-bond acceptors (Lipinski definition) is 2. The second-order valence-corrected chi connectivity index (χ2v) is 18.6. The number of aliphatic hydroxyl groups excluding tert-OH is 1. The quantitative estimate of drug-likeness (QED) is 0.481. The molecule has 0 aromatic rings.